The third kappa shape index (κ3) is 4.17. The minimum Gasteiger partial charge on any atom is -0.335 e. The van der Waals surface area contributed by atoms with Crippen LogP contribution in [0.2, 0.25) is 0 Å². The summed E-state index contributed by atoms with van der Waals surface area (Å²) in [6.45, 7) is 3.86. The van der Waals surface area contributed by atoms with Gasteiger partial charge in [-0.1, -0.05) is 42.5 Å². The summed E-state index contributed by atoms with van der Waals surface area (Å²) in [5.41, 5.74) is 1.17. The number of nitrogens with one attached hydrogen (secondary N) is 1. The van der Waals surface area contributed by atoms with E-state index in [4.69, 9.17) is 0 Å². The Labute approximate surface area is 140 Å². The fraction of sp³-hybridized carbons (Fsp3) is 0.278. The summed E-state index contributed by atoms with van der Waals surface area (Å²) in [7, 11) is 0. The van der Waals surface area contributed by atoms with Crippen molar-refractivity contribution in [2.24, 2.45) is 0 Å². The summed E-state index contributed by atoms with van der Waals surface area (Å²) in [6.07, 6.45) is 4.26. The van der Waals surface area contributed by atoms with Gasteiger partial charge in [0.15, 0.2) is 0 Å². The molecule has 6 heteroatoms. The van der Waals surface area contributed by atoms with Crippen LogP contribution in [0.15, 0.2) is 53.3 Å². The van der Waals surface area contributed by atoms with Gasteiger partial charge in [0, 0.05) is 38.8 Å². The molecule has 1 fully saturated rings. The Morgan fingerprint density at radius 1 is 1.08 bits per heavy atom. The van der Waals surface area contributed by atoms with Gasteiger partial charge < -0.3 is 4.90 Å². The normalized spacial score (nSPS) is 15.8. The largest absolute Gasteiger partial charge is 0.335 e. The van der Waals surface area contributed by atoms with E-state index in [0.29, 0.717) is 13.1 Å². The molecule has 124 valence electrons. The maximum atomic E-state index is 12.3. The first-order valence-corrected chi connectivity index (χ1v) is 8.01. The summed E-state index contributed by atoms with van der Waals surface area (Å²) in [6, 6.07) is 13.0. The standard InChI is InChI=1S/C18H20N4O2/c23-17-9-8-16(19-20-17)18(24)22-13-11-21(12-14-22)10-4-7-15-5-2-1-3-6-15/h1-9H,10-14H2,(H,20,23)/b7-4+. The van der Waals surface area contributed by atoms with Gasteiger partial charge >= 0.3 is 0 Å². The highest BCUT2D eigenvalue weighted by molar-refractivity contribution is 5.92. The zero-order valence-electron chi connectivity index (χ0n) is 13.4. The van der Waals surface area contributed by atoms with Crippen molar-refractivity contribution in [2.75, 3.05) is 32.7 Å². The lowest BCUT2D eigenvalue weighted by atomic mass is 10.2. The number of carbonyl (C=O) groups is 1. The van der Waals surface area contributed by atoms with Crippen LogP contribution in [-0.2, 0) is 0 Å². The lowest BCUT2D eigenvalue weighted by Crippen LogP contribution is -2.48. The van der Waals surface area contributed by atoms with Crippen molar-refractivity contribution in [1.29, 1.82) is 0 Å². The van der Waals surface area contributed by atoms with Crippen LogP contribution in [0.25, 0.3) is 6.08 Å². The van der Waals surface area contributed by atoms with E-state index in [-0.39, 0.29) is 17.2 Å². The second kappa shape index (κ2) is 7.70. The first-order valence-electron chi connectivity index (χ1n) is 8.01. The summed E-state index contributed by atoms with van der Waals surface area (Å²) >= 11 is 0. The molecule has 0 spiro atoms. The van der Waals surface area contributed by atoms with Crippen molar-refractivity contribution in [2.45, 2.75) is 0 Å². The Kier molecular flexibility index (Phi) is 5.18. The predicted octanol–water partition coefficient (Wildman–Crippen LogP) is 1.24. The molecule has 0 bridgehead atoms. The minimum atomic E-state index is -0.304. The maximum absolute atomic E-state index is 12.3. The Morgan fingerprint density at radius 2 is 1.83 bits per heavy atom. The van der Waals surface area contributed by atoms with Crippen molar-refractivity contribution in [3.8, 4) is 0 Å². The number of hydrogen-bond acceptors (Lipinski definition) is 4. The Morgan fingerprint density at radius 3 is 2.50 bits per heavy atom. The van der Waals surface area contributed by atoms with Crippen LogP contribution in [0.4, 0.5) is 0 Å². The lowest BCUT2D eigenvalue weighted by molar-refractivity contribution is 0.0643. The summed E-state index contributed by atoms with van der Waals surface area (Å²) in [5, 5.41) is 6.10. The Hall–Kier alpha value is -2.73. The molecule has 1 saturated heterocycles. The molecule has 6 nitrogen and oxygen atoms in total. The number of benzene rings is 1. The maximum Gasteiger partial charge on any atom is 0.274 e. The smallest absolute Gasteiger partial charge is 0.274 e. The summed E-state index contributed by atoms with van der Waals surface area (Å²) in [4.78, 5) is 27.4. The molecule has 1 aromatic heterocycles. The number of aromatic nitrogens is 2. The van der Waals surface area contributed by atoms with Crippen molar-refractivity contribution < 1.29 is 4.79 Å². The number of aromatic amines is 1. The highest BCUT2D eigenvalue weighted by atomic mass is 16.2. The highest BCUT2D eigenvalue weighted by Crippen LogP contribution is 2.07. The van der Waals surface area contributed by atoms with Crippen LogP contribution in [0.3, 0.4) is 0 Å². The average Bonchev–Trinajstić information content (AvgIpc) is 2.63. The molecule has 0 saturated carbocycles. The second-order valence-electron chi connectivity index (χ2n) is 5.71. The average molecular weight is 324 g/mol. The van der Waals surface area contributed by atoms with Gasteiger partial charge in [0.2, 0.25) is 0 Å². The van der Waals surface area contributed by atoms with E-state index >= 15 is 0 Å². The lowest BCUT2D eigenvalue weighted by Gasteiger charge is -2.33. The quantitative estimate of drug-likeness (QED) is 0.919. The van der Waals surface area contributed by atoms with Gasteiger partial charge in [-0.3, -0.25) is 14.5 Å². The molecule has 1 aliphatic rings. The molecule has 0 atom stereocenters. The number of amides is 1. The molecule has 24 heavy (non-hydrogen) atoms. The third-order valence-electron chi connectivity index (χ3n) is 4.03. The van der Waals surface area contributed by atoms with Crippen LogP contribution >= 0.6 is 0 Å². The molecule has 2 aromatic rings. The fourth-order valence-electron chi connectivity index (χ4n) is 2.66. The zero-order valence-corrected chi connectivity index (χ0v) is 13.4. The minimum absolute atomic E-state index is 0.134. The number of nitrogens with zero attached hydrogens (tertiary/aromatic N) is 3. The summed E-state index contributed by atoms with van der Waals surface area (Å²) < 4.78 is 0. The molecule has 0 radical (unpaired) electrons. The van der Waals surface area contributed by atoms with Gasteiger partial charge in [-0.05, 0) is 11.6 Å². The van der Waals surface area contributed by atoms with Gasteiger partial charge in [0.1, 0.15) is 5.69 Å². The molecule has 1 amide bonds. The van der Waals surface area contributed by atoms with Gasteiger partial charge in [-0.25, -0.2) is 5.10 Å². The first-order chi connectivity index (χ1) is 11.7. The van der Waals surface area contributed by atoms with E-state index in [2.05, 4.69) is 39.4 Å². The van der Waals surface area contributed by atoms with Gasteiger partial charge in [-0.2, -0.15) is 5.10 Å². The van der Waals surface area contributed by atoms with E-state index < -0.39 is 0 Å². The van der Waals surface area contributed by atoms with Crippen LogP contribution in [0, 0.1) is 0 Å². The predicted molar refractivity (Wildman–Crippen MR) is 92.7 cm³/mol. The van der Waals surface area contributed by atoms with Crippen LogP contribution < -0.4 is 5.56 Å². The monoisotopic (exact) mass is 324 g/mol. The molecule has 0 unspecified atom stereocenters. The van der Waals surface area contributed by atoms with Gasteiger partial charge in [0.25, 0.3) is 11.5 Å². The van der Waals surface area contributed by atoms with E-state index in [1.807, 2.05) is 18.2 Å². The zero-order chi connectivity index (χ0) is 16.8. The fourth-order valence-corrected chi connectivity index (χ4v) is 2.66. The second-order valence-corrected chi connectivity index (χ2v) is 5.71. The van der Waals surface area contributed by atoms with Gasteiger partial charge in [0.05, 0.1) is 0 Å². The van der Waals surface area contributed by atoms with Crippen molar-refractivity contribution in [1.82, 2.24) is 20.0 Å². The first kappa shape index (κ1) is 16.1. The van der Waals surface area contributed by atoms with E-state index in [9.17, 15) is 9.59 Å². The van der Waals surface area contributed by atoms with Crippen molar-refractivity contribution >= 4 is 12.0 Å². The van der Waals surface area contributed by atoms with E-state index in [1.165, 1.54) is 17.7 Å². The third-order valence-corrected chi connectivity index (χ3v) is 4.03. The molecular weight excluding hydrogens is 304 g/mol. The number of hydrogen-bond donors (Lipinski definition) is 1. The number of piperazine rings is 1. The van der Waals surface area contributed by atoms with Crippen LogP contribution in [0.5, 0.6) is 0 Å². The number of carbonyl (C=O) groups excluding carboxylic acids is 1. The topological polar surface area (TPSA) is 69.3 Å². The molecule has 1 aliphatic heterocycles. The molecular formula is C18H20N4O2. The molecule has 1 aromatic carbocycles. The Bertz CT molecular complexity index is 742. The number of H-pyrrole nitrogens is 1. The Balaban J connectivity index is 1.49. The molecule has 1 N–H and O–H groups in total. The molecule has 3 rings (SSSR count). The van der Waals surface area contributed by atoms with Crippen LogP contribution in [-0.4, -0.2) is 58.6 Å². The SMILES string of the molecule is O=C(c1ccc(=O)[nH]n1)N1CCN(C/C=C/c2ccccc2)CC1. The van der Waals surface area contributed by atoms with Crippen molar-refractivity contribution in [3.05, 3.63) is 70.2 Å². The van der Waals surface area contributed by atoms with Crippen LogP contribution in [0.1, 0.15) is 16.1 Å². The molecule has 0 aliphatic carbocycles. The number of rotatable bonds is 4. The highest BCUT2D eigenvalue weighted by Gasteiger charge is 2.22. The van der Waals surface area contributed by atoms with Crippen molar-refractivity contribution in [3.63, 3.8) is 0 Å². The van der Waals surface area contributed by atoms with E-state index in [0.717, 1.165) is 19.6 Å². The molecule has 2 heterocycles. The van der Waals surface area contributed by atoms with Gasteiger partial charge in [-0.15, -0.1) is 0 Å². The van der Waals surface area contributed by atoms with E-state index in [1.54, 1.807) is 4.90 Å². The summed E-state index contributed by atoms with van der Waals surface area (Å²) in [5.74, 6) is -0.134.